The molecule has 0 heterocycles. The van der Waals surface area contributed by atoms with Gasteiger partial charge in [-0.3, -0.25) is 0 Å². The van der Waals surface area contributed by atoms with Crippen molar-refractivity contribution in [3.05, 3.63) is 35.4 Å². The monoisotopic (exact) mass is 257 g/mol. The van der Waals surface area contributed by atoms with E-state index in [4.69, 9.17) is 0 Å². The summed E-state index contributed by atoms with van der Waals surface area (Å²) in [5.74, 6) is 0. The number of hydrogen-bond acceptors (Lipinski definition) is 1. The molecule has 1 aromatic rings. The highest BCUT2D eigenvalue weighted by Crippen LogP contribution is 2.47. The van der Waals surface area contributed by atoms with Gasteiger partial charge in [0.1, 0.15) is 0 Å². The zero-order valence-corrected chi connectivity index (χ0v) is 10.5. The molecule has 1 aromatic carbocycles. The quantitative estimate of drug-likeness (QED) is 0.841. The van der Waals surface area contributed by atoms with Gasteiger partial charge in [0, 0.05) is 13.1 Å². The predicted octanol–water partition coefficient (Wildman–Crippen LogP) is 3.99. The summed E-state index contributed by atoms with van der Waals surface area (Å²) >= 11 is 0. The molecule has 0 unspecified atom stereocenters. The van der Waals surface area contributed by atoms with Crippen LogP contribution in [0.15, 0.2) is 24.3 Å². The molecule has 0 bridgehead atoms. The minimum Gasteiger partial charge on any atom is -0.312 e. The Hall–Kier alpha value is -1.03. The maximum absolute atomic E-state index is 12.8. The Kier molecular flexibility index (Phi) is 3.66. The van der Waals surface area contributed by atoms with Crippen molar-refractivity contribution in [2.45, 2.75) is 38.9 Å². The van der Waals surface area contributed by atoms with Gasteiger partial charge in [-0.2, -0.15) is 13.2 Å². The van der Waals surface area contributed by atoms with Crippen molar-refractivity contribution in [2.75, 3.05) is 6.54 Å². The minimum atomic E-state index is -4.26. The highest BCUT2D eigenvalue weighted by Gasteiger charge is 2.40. The van der Waals surface area contributed by atoms with Crippen molar-refractivity contribution in [3.63, 3.8) is 0 Å². The van der Waals surface area contributed by atoms with E-state index in [2.05, 4.69) is 12.2 Å². The summed E-state index contributed by atoms with van der Waals surface area (Å²) in [4.78, 5) is 0. The van der Waals surface area contributed by atoms with Gasteiger partial charge in [0.05, 0.1) is 5.56 Å². The molecular weight excluding hydrogens is 239 g/mol. The van der Waals surface area contributed by atoms with E-state index < -0.39 is 11.7 Å². The third-order valence-corrected chi connectivity index (χ3v) is 3.85. The minimum absolute atomic E-state index is 0.289. The van der Waals surface area contributed by atoms with Crippen molar-refractivity contribution in [3.8, 4) is 0 Å². The zero-order chi connectivity index (χ0) is 13.2. The zero-order valence-electron chi connectivity index (χ0n) is 10.5. The number of halogens is 3. The Balaban J connectivity index is 1.97. The van der Waals surface area contributed by atoms with Crippen LogP contribution in [0.3, 0.4) is 0 Å². The summed E-state index contributed by atoms with van der Waals surface area (Å²) in [6, 6.07) is 5.77. The second-order valence-electron chi connectivity index (χ2n) is 5.11. The van der Waals surface area contributed by atoms with Gasteiger partial charge in [0.2, 0.25) is 0 Å². The first kappa shape index (κ1) is 13.4. The molecule has 0 aliphatic heterocycles. The molecule has 0 saturated heterocycles. The Bertz CT molecular complexity index is 408. The molecule has 1 fully saturated rings. The maximum atomic E-state index is 12.8. The topological polar surface area (TPSA) is 12.0 Å². The summed E-state index contributed by atoms with van der Waals surface area (Å²) in [5, 5.41) is 3.17. The predicted molar refractivity (Wildman–Crippen MR) is 65.1 cm³/mol. The largest absolute Gasteiger partial charge is 0.416 e. The van der Waals surface area contributed by atoms with Crippen LogP contribution in [0.5, 0.6) is 0 Å². The summed E-state index contributed by atoms with van der Waals surface area (Å²) in [6.07, 6.45) is -0.782. The third kappa shape index (κ3) is 3.05. The third-order valence-electron chi connectivity index (χ3n) is 3.85. The number of alkyl halides is 3. The van der Waals surface area contributed by atoms with E-state index in [1.54, 1.807) is 12.1 Å². The summed E-state index contributed by atoms with van der Waals surface area (Å²) in [6.45, 7) is 3.24. The molecule has 0 aromatic heterocycles. The first-order chi connectivity index (χ1) is 8.47. The van der Waals surface area contributed by atoms with Gasteiger partial charge < -0.3 is 5.32 Å². The molecule has 4 heteroatoms. The van der Waals surface area contributed by atoms with Crippen molar-refractivity contribution in [1.82, 2.24) is 5.32 Å². The van der Waals surface area contributed by atoms with Crippen molar-refractivity contribution < 1.29 is 13.2 Å². The van der Waals surface area contributed by atoms with Crippen LogP contribution in [0.1, 0.15) is 37.3 Å². The molecule has 1 saturated carbocycles. The first-order valence-electron chi connectivity index (χ1n) is 6.33. The van der Waals surface area contributed by atoms with Gasteiger partial charge in [0.15, 0.2) is 0 Å². The van der Waals surface area contributed by atoms with Crippen LogP contribution < -0.4 is 5.32 Å². The van der Waals surface area contributed by atoms with Crippen LogP contribution in [-0.2, 0) is 12.7 Å². The van der Waals surface area contributed by atoms with E-state index in [-0.39, 0.29) is 6.54 Å². The molecule has 1 nitrogen and oxygen atoms in total. The molecule has 0 spiro atoms. The van der Waals surface area contributed by atoms with Gasteiger partial charge in [-0.1, -0.05) is 25.1 Å². The molecule has 18 heavy (non-hydrogen) atoms. The van der Waals surface area contributed by atoms with Crippen LogP contribution in [0.2, 0.25) is 0 Å². The molecular formula is C14H18F3N. The molecule has 0 amide bonds. The molecule has 2 rings (SSSR count). The van der Waals surface area contributed by atoms with E-state index in [1.165, 1.54) is 18.9 Å². The lowest BCUT2D eigenvalue weighted by molar-refractivity contribution is -0.138. The normalized spacial score (nSPS) is 17.8. The van der Waals surface area contributed by atoms with E-state index >= 15 is 0 Å². The highest BCUT2D eigenvalue weighted by molar-refractivity contribution is 5.29. The lowest BCUT2D eigenvalue weighted by Crippen LogP contribution is -2.24. The van der Waals surface area contributed by atoms with Crippen LogP contribution in [-0.4, -0.2) is 6.54 Å². The average molecular weight is 257 g/mol. The smallest absolute Gasteiger partial charge is 0.312 e. The second kappa shape index (κ2) is 4.92. The Morgan fingerprint density at radius 3 is 2.44 bits per heavy atom. The summed E-state index contributed by atoms with van der Waals surface area (Å²) in [7, 11) is 0. The summed E-state index contributed by atoms with van der Waals surface area (Å²) in [5.41, 5.74) is 0.156. The SMILES string of the molecule is CCC1(CNCc2ccccc2C(F)(F)F)CC1. The Labute approximate surface area is 105 Å². The van der Waals surface area contributed by atoms with E-state index in [0.717, 1.165) is 19.0 Å². The van der Waals surface area contributed by atoms with Gasteiger partial charge in [-0.05, 0) is 36.3 Å². The molecule has 0 radical (unpaired) electrons. The van der Waals surface area contributed by atoms with Gasteiger partial charge in [-0.25, -0.2) is 0 Å². The standard InChI is InChI=1S/C14H18F3N/c1-2-13(7-8-13)10-18-9-11-5-3-4-6-12(11)14(15,16)17/h3-6,18H,2,7-10H2,1H3. The Morgan fingerprint density at radius 1 is 1.22 bits per heavy atom. The fourth-order valence-electron chi connectivity index (χ4n) is 2.25. The van der Waals surface area contributed by atoms with Gasteiger partial charge in [0.25, 0.3) is 0 Å². The lowest BCUT2D eigenvalue weighted by atomic mass is 10.0. The number of nitrogens with one attached hydrogen (secondary N) is 1. The van der Waals surface area contributed by atoms with Gasteiger partial charge in [-0.15, -0.1) is 0 Å². The second-order valence-corrected chi connectivity index (χ2v) is 5.11. The molecule has 1 aliphatic carbocycles. The van der Waals surface area contributed by atoms with Crippen LogP contribution in [0.4, 0.5) is 13.2 Å². The summed E-state index contributed by atoms with van der Waals surface area (Å²) < 4.78 is 38.3. The van der Waals surface area contributed by atoms with E-state index in [1.807, 2.05) is 0 Å². The van der Waals surface area contributed by atoms with E-state index in [9.17, 15) is 13.2 Å². The van der Waals surface area contributed by atoms with Crippen molar-refractivity contribution >= 4 is 0 Å². The maximum Gasteiger partial charge on any atom is 0.416 e. The van der Waals surface area contributed by atoms with Crippen molar-refractivity contribution in [2.24, 2.45) is 5.41 Å². The Morgan fingerprint density at radius 2 is 1.89 bits per heavy atom. The molecule has 0 atom stereocenters. The van der Waals surface area contributed by atoms with Crippen LogP contribution in [0.25, 0.3) is 0 Å². The number of benzene rings is 1. The molecule has 100 valence electrons. The molecule has 1 N–H and O–H groups in total. The van der Waals surface area contributed by atoms with Crippen molar-refractivity contribution in [1.29, 1.82) is 0 Å². The molecule has 1 aliphatic rings. The first-order valence-corrected chi connectivity index (χ1v) is 6.33. The lowest BCUT2D eigenvalue weighted by Gasteiger charge is -2.16. The number of rotatable bonds is 5. The average Bonchev–Trinajstić information content (AvgIpc) is 3.09. The van der Waals surface area contributed by atoms with E-state index in [0.29, 0.717) is 11.0 Å². The highest BCUT2D eigenvalue weighted by atomic mass is 19.4. The fourth-order valence-corrected chi connectivity index (χ4v) is 2.25. The number of hydrogen-bond donors (Lipinski definition) is 1. The fraction of sp³-hybridized carbons (Fsp3) is 0.571. The van der Waals surface area contributed by atoms with Crippen LogP contribution >= 0.6 is 0 Å². The van der Waals surface area contributed by atoms with Gasteiger partial charge >= 0.3 is 6.18 Å². The van der Waals surface area contributed by atoms with Crippen LogP contribution in [0, 0.1) is 5.41 Å².